The molecule has 3 atom stereocenters. The van der Waals surface area contributed by atoms with Gasteiger partial charge in [-0.3, -0.25) is 10.1 Å². The van der Waals surface area contributed by atoms with E-state index in [0.717, 1.165) is 19.3 Å². The van der Waals surface area contributed by atoms with Gasteiger partial charge in [-0.1, -0.05) is 12.8 Å². The zero-order valence-corrected chi connectivity index (χ0v) is 12.8. The van der Waals surface area contributed by atoms with E-state index in [4.69, 9.17) is 4.74 Å². The topological polar surface area (TPSA) is 75.8 Å². The normalized spacial score (nSPS) is 27.2. The van der Waals surface area contributed by atoms with Crippen LogP contribution >= 0.6 is 11.3 Å². The summed E-state index contributed by atoms with van der Waals surface area (Å²) in [5.41, 5.74) is 0.113. The van der Waals surface area contributed by atoms with E-state index in [1.165, 1.54) is 23.8 Å². The molecule has 1 aromatic rings. The Balaban J connectivity index is 1.95. The number of morpholine rings is 1. The van der Waals surface area contributed by atoms with Crippen LogP contribution in [-0.4, -0.2) is 35.3 Å². The molecule has 1 saturated carbocycles. The van der Waals surface area contributed by atoms with E-state index in [0.29, 0.717) is 23.0 Å². The Hall–Kier alpha value is -1.18. The van der Waals surface area contributed by atoms with Crippen molar-refractivity contribution in [3.63, 3.8) is 0 Å². The lowest BCUT2D eigenvalue weighted by Gasteiger charge is -2.44. The number of anilines is 1. The predicted molar refractivity (Wildman–Crippen MR) is 80.9 cm³/mol. The molecule has 7 heteroatoms. The molecule has 1 saturated heterocycles. The maximum atomic E-state index is 11.3. The Bertz CT molecular complexity index is 529. The van der Waals surface area contributed by atoms with E-state index in [9.17, 15) is 15.2 Å². The van der Waals surface area contributed by atoms with Crippen molar-refractivity contribution in [3.05, 3.63) is 21.1 Å². The molecule has 0 aromatic carbocycles. The summed E-state index contributed by atoms with van der Waals surface area (Å²) in [7, 11) is 0. The van der Waals surface area contributed by atoms with Gasteiger partial charge in [-0.05, 0) is 19.8 Å². The smallest absolute Gasteiger partial charge is 0.304 e. The number of rotatable bonds is 3. The summed E-state index contributed by atoms with van der Waals surface area (Å²) in [5, 5.41) is 21.7. The second-order valence-corrected chi connectivity index (χ2v) is 6.79. The molecule has 2 unspecified atom stereocenters. The second-order valence-electron chi connectivity index (χ2n) is 5.73. The van der Waals surface area contributed by atoms with Gasteiger partial charge in [0.2, 0.25) is 0 Å². The molecule has 1 aromatic heterocycles. The molecule has 2 fully saturated rings. The third kappa shape index (κ3) is 2.77. The SMILES string of the molecule is C[C@@H](O)c1cc([N+](=O)[O-])c(N2CCOC3CCCCC32)s1. The van der Waals surface area contributed by atoms with Crippen molar-refractivity contribution in [1.29, 1.82) is 0 Å². The summed E-state index contributed by atoms with van der Waals surface area (Å²) in [4.78, 5) is 13.8. The minimum atomic E-state index is -0.675. The van der Waals surface area contributed by atoms with Crippen molar-refractivity contribution >= 4 is 22.0 Å². The fourth-order valence-electron chi connectivity index (χ4n) is 3.28. The molecule has 21 heavy (non-hydrogen) atoms. The van der Waals surface area contributed by atoms with Crippen molar-refractivity contribution in [2.45, 2.75) is 50.9 Å². The van der Waals surface area contributed by atoms with Crippen LogP contribution in [0.1, 0.15) is 43.6 Å². The minimum Gasteiger partial charge on any atom is -0.388 e. The van der Waals surface area contributed by atoms with Crippen LogP contribution in [0.2, 0.25) is 0 Å². The predicted octanol–water partition coefficient (Wildman–Crippen LogP) is 2.86. The Labute approximate surface area is 127 Å². The van der Waals surface area contributed by atoms with E-state index < -0.39 is 6.10 Å². The first-order valence-corrected chi connectivity index (χ1v) is 8.24. The average molecular weight is 312 g/mol. The van der Waals surface area contributed by atoms with Crippen LogP contribution in [0.15, 0.2) is 6.07 Å². The first kappa shape index (κ1) is 14.7. The number of aliphatic hydroxyl groups is 1. The number of hydrogen-bond acceptors (Lipinski definition) is 6. The quantitative estimate of drug-likeness (QED) is 0.686. The highest BCUT2D eigenvalue weighted by Crippen LogP contribution is 2.43. The first-order chi connectivity index (χ1) is 10.1. The van der Waals surface area contributed by atoms with Crippen molar-refractivity contribution < 1.29 is 14.8 Å². The van der Waals surface area contributed by atoms with Crippen LogP contribution in [0.25, 0.3) is 0 Å². The molecule has 116 valence electrons. The van der Waals surface area contributed by atoms with Crippen molar-refractivity contribution in [2.24, 2.45) is 0 Å². The number of nitrogens with zero attached hydrogens (tertiary/aromatic N) is 2. The molecule has 1 aliphatic carbocycles. The third-order valence-electron chi connectivity index (χ3n) is 4.31. The molecule has 1 aliphatic heterocycles. The van der Waals surface area contributed by atoms with Crippen molar-refractivity contribution in [1.82, 2.24) is 0 Å². The van der Waals surface area contributed by atoms with E-state index in [2.05, 4.69) is 4.90 Å². The summed E-state index contributed by atoms with van der Waals surface area (Å²) < 4.78 is 5.83. The number of aliphatic hydroxyl groups excluding tert-OH is 1. The lowest BCUT2D eigenvalue weighted by Crippen LogP contribution is -2.52. The zero-order chi connectivity index (χ0) is 15.0. The fraction of sp³-hybridized carbons (Fsp3) is 0.714. The first-order valence-electron chi connectivity index (χ1n) is 7.42. The molecular weight excluding hydrogens is 292 g/mol. The standard InChI is InChI=1S/C14H20N2O4S/c1-9(17)13-8-11(16(18)19)14(21-13)15-6-7-20-12-5-3-2-4-10(12)15/h8-10,12,17H,2-7H2,1H3/t9-,10?,12?/m1/s1. The molecule has 0 bridgehead atoms. The number of thiophene rings is 1. The lowest BCUT2D eigenvalue weighted by molar-refractivity contribution is -0.383. The van der Waals surface area contributed by atoms with Gasteiger partial charge in [0.15, 0.2) is 5.00 Å². The van der Waals surface area contributed by atoms with Crippen molar-refractivity contribution in [3.8, 4) is 0 Å². The lowest BCUT2D eigenvalue weighted by atomic mass is 9.90. The van der Waals surface area contributed by atoms with E-state index in [1.54, 1.807) is 6.92 Å². The van der Waals surface area contributed by atoms with Gasteiger partial charge in [0.1, 0.15) is 0 Å². The van der Waals surface area contributed by atoms with E-state index in [1.807, 2.05) is 0 Å². The molecule has 1 N–H and O–H groups in total. The Morgan fingerprint density at radius 1 is 1.52 bits per heavy atom. The molecule has 0 amide bonds. The third-order valence-corrected chi connectivity index (χ3v) is 5.65. The average Bonchev–Trinajstić information content (AvgIpc) is 2.92. The highest BCUT2D eigenvalue weighted by Gasteiger charge is 2.38. The number of fused-ring (bicyclic) bond motifs is 1. The summed E-state index contributed by atoms with van der Waals surface area (Å²) in [5.74, 6) is 0. The Kier molecular flexibility index (Phi) is 4.14. The molecule has 2 heterocycles. The van der Waals surface area contributed by atoms with Gasteiger partial charge < -0.3 is 14.7 Å². The summed E-state index contributed by atoms with van der Waals surface area (Å²) in [6.07, 6.45) is 3.87. The highest BCUT2D eigenvalue weighted by molar-refractivity contribution is 7.16. The zero-order valence-electron chi connectivity index (χ0n) is 12.0. The van der Waals surface area contributed by atoms with Gasteiger partial charge in [0.25, 0.3) is 0 Å². The Morgan fingerprint density at radius 3 is 3.00 bits per heavy atom. The number of nitro groups is 1. The van der Waals surface area contributed by atoms with Gasteiger partial charge in [0, 0.05) is 17.5 Å². The maximum absolute atomic E-state index is 11.3. The molecule has 0 spiro atoms. The highest BCUT2D eigenvalue weighted by atomic mass is 32.1. The minimum absolute atomic E-state index is 0.113. The van der Waals surface area contributed by atoms with Crippen LogP contribution < -0.4 is 4.90 Å². The summed E-state index contributed by atoms with van der Waals surface area (Å²) >= 11 is 1.34. The molecular formula is C14H20N2O4S. The fourth-order valence-corrected chi connectivity index (χ4v) is 4.43. The number of ether oxygens (including phenoxy) is 1. The van der Waals surface area contributed by atoms with Gasteiger partial charge in [-0.25, -0.2) is 0 Å². The monoisotopic (exact) mass is 312 g/mol. The molecule has 2 aliphatic rings. The summed E-state index contributed by atoms with van der Waals surface area (Å²) in [6.45, 7) is 2.93. The van der Waals surface area contributed by atoms with Crippen LogP contribution in [0.5, 0.6) is 0 Å². The van der Waals surface area contributed by atoms with Crippen molar-refractivity contribution in [2.75, 3.05) is 18.1 Å². The maximum Gasteiger partial charge on any atom is 0.304 e. The summed E-state index contributed by atoms with van der Waals surface area (Å²) in [6, 6.07) is 1.74. The number of hydrogen-bond donors (Lipinski definition) is 1. The molecule has 3 rings (SSSR count). The van der Waals surface area contributed by atoms with Gasteiger partial charge in [-0.15, -0.1) is 11.3 Å². The van der Waals surface area contributed by atoms with Crippen LogP contribution in [0, 0.1) is 10.1 Å². The van der Waals surface area contributed by atoms with E-state index in [-0.39, 0.29) is 22.8 Å². The molecule has 0 radical (unpaired) electrons. The van der Waals surface area contributed by atoms with Crippen LogP contribution in [-0.2, 0) is 4.74 Å². The van der Waals surface area contributed by atoms with Gasteiger partial charge >= 0.3 is 5.69 Å². The van der Waals surface area contributed by atoms with Gasteiger partial charge in [-0.2, -0.15) is 0 Å². The molecule has 6 nitrogen and oxygen atoms in total. The Morgan fingerprint density at radius 2 is 2.29 bits per heavy atom. The van der Waals surface area contributed by atoms with Crippen LogP contribution in [0.4, 0.5) is 10.7 Å². The van der Waals surface area contributed by atoms with Gasteiger partial charge in [0.05, 0.1) is 29.8 Å². The second kappa shape index (κ2) is 5.90. The van der Waals surface area contributed by atoms with Crippen LogP contribution in [0.3, 0.4) is 0 Å². The largest absolute Gasteiger partial charge is 0.388 e. The van der Waals surface area contributed by atoms with E-state index >= 15 is 0 Å².